The summed E-state index contributed by atoms with van der Waals surface area (Å²) in [7, 11) is 0. The Morgan fingerprint density at radius 1 is 1.24 bits per heavy atom. The highest BCUT2D eigenvalue weighted by atomic mass is 32.2. The van der Waals surface area contributed by atoms with Gasteiger partial charge in [0.1, 0.15) is 0 Å². The van der Waals surface area contributed by atoms with Crippen molar-refractivity contribution in [1.29, 1.82) is 0 Å². The Labute approximate surface area is 166 Å². The van der Waals surface area contributed by atoms with E-state index in [1.54, 1.807) is 6.07 Å². The van der Waals surface area contributed by atoms with Crippen LogP contribution >= 0.6 is 11.8 Å². The molecule has 2 N–H and O–H groups in total. The molecule has 2 heterocycles. The van der Waals surface area contributed by atoms with E-state index < -0.39 is 11.2 Å². The molecule has 0 unspecified atom stereocenters. The topological polar surface area (TPSA) is 89.2 Å². The normalized spacial score (nSPS) is 11.4. The first-order valence-electron chi connectivity index (χ1n) is 8.22. The molecule has 3 rings (SSSR count). The zero-order chi connectivity index (χ0) is 21.2. The van der Waals surface area contributed by atoms with Crippen LogP contribution in [0.4, 0.5) is 18.9 Å². The Balaban J connectivity index is 1.90. The van der Waals surface area contributed by atoms with Crippen LogP contribution in [-0.4, -0.2) is 30.6 Å². The highest BCUT2D eigenvalue weighted by molar-refractivity contribution is 8.00. The van der Waals surface area contributed by atoms with Gasteiger partial charge in [-0.15, -0.1) is 0 Å². The van der Waals surface area contributed by atoms with Gasteiger partial charge < -0.3 is 10.4 Å². The van der Waals surface area contributed by atoms with Gasteiger partial charge in [0.2, 0.25) is 11.8 Å². The van der Waals surface area contributed by atoms with E-state index in [2.05, 4.69) is 10.3 Å². The molecule has 0 saturated carbocycles. The number of alkyl halides is 3. The maximum Gasteiger partial charge on any atom is 0.446 e. The zero-order valence-electron chi connectivity index (χ0n) is 15.0. The molecule has 0 saturated heterocycles. The molecule has 0 radical (unpaired) electrons. The van der Waals surface area contributed by atoms with Crippen LogP contribution in [0.2, 0.25) is 0 Å². The average molecular weight is 424 g/mol. The average Bonchev–Trinajstić information content (AvgIpc) is 2.89. The summed E-state index contributed by atoms with van der Waals surface area (Å²) in [6, 6.07) is 6.68. The van der Waals surface area contributed by atoms with Crippen molar-refractivity contribution in [1.82, 2.24) is 14.1 Å². The number of nitrogens with one attached hydrogen (secondary N) is 1. The van der Waals surface area contributed by atoms with Gasteiger partial charge in [0.25, 0.3) is 0 Å². The summed E-state index contributed by atoms with van der Waals surface area (Å²) in [5, 5.41) is 12.8. The summed E-state index contributed by atoms with van der Waals surface area (Å²) in [4.78, 5) is 27.9. The summed E-state index contributed by atoms with van der Waals surface area (Å²) in [5.41, 5.74) is -3.78. The number of pyridine rings is 1. The molecule has 0 aliphatic rings. The van der Waals surface area contributed by atoms with E-state index in [4.69, 9.17) is 0 Å². The third-order valence-electron chi connectivity index (χ3n) is 3.83. The second-order valence-corrected chi connectivity index (χ2v) is 7.13. The van der Waals surface area contributed by atoms with Gasteiger partial charge in [-0.05, 0) is 47.7 Å². The number of halogens is 3. The lowest BCUT2D eigenvalue weighted by Crippen LogP contribution is -2.24. The molecule has 7 nitrogen and oxygen atoms in total. The number of carbonyl (C=O) groups is 1. The van der Waals surface area contributed by atoms with E-state index in [1.165, 1.54) is 54.3 Å². The number of aromatic hydroxyl groups is 1. The molecule has 3 aromatic rings. The zero-order valence-corrected chi connectivity index (χ0v) is 15.8. The number of amides is 1. The molecule has 11 heteroatoms. The number of anilines is 1. The van der Waals surface area contributed by atoms with E-state index in [1.807, 2.05) is 0 Å². The van der Waals surface area contributed by atoms with Gasteiger partial charge >= 0.3 is 11.2 Å². The number of nitrogens with zero attached hydrogens (tertiary/aromatic N) is 3. The highest BCUT2D eigenvalue weighted by Gasteiger charge is 2.29. The summed E-state index contributed by atoms with van der Waals surface area (Å²) >= 11 is -0.269. The maximum absolute atomic E-state index is 12.7. The monoisotopic (exact) mass is 424 g/mol. The van der Waals surface area contributed by atoms with Crippen LogP contribution in [0.25, 0.3) is 5.69 Å². The quantitative estimate of drug-likeness (QED) is 0.613. The number of imidazole rings is 1. The van der Waals surface area contributed by atoms with Gasteiger partial charge in [-0.3, -0.25) is 14.3 Å². The lowest BCUT2D eigenvalue weighted by atomic mass is 10.2. The molecule has 0 fully saturated rings. The van der Waals surface area contributed by atoms with Crippen LogP contribution in [-0.2, 0) is 11.3 Å². The van der Waals surface area contributed by atoms with Crippen molar-refractivity contribution in [3.8, 4) is 11.6 Å². The first-order chi connectivity index (χ1) is 13.6. The molecule has 0 aliphatic carbocycles. The second kappa shape index (κ2) is 8.03. The molecule has 0 bridgehead atoms. The lowest BCUT2D eigenvalue weighted by molar-refractivity contribution is -0.114. The molecule has 1 amide bonds. The predicted molar refractivity (Wildman–Crippen MR) is 101 cm³/mol. The Bertz CT molecular complexity index is 1090. The van der Waals surface area contributed by atoms with E-state index >= 15 is 0 Å². The molecule has 0 spiro atoms. The highest BCUT2D eigenvalue weighted by Crippen LogP contribution is 2.37. The van der Waals surface area contributed by atoms with Gasteiger partial charge in [0.05, 0.1) is 30.3 Å². The minimum atomic E-state index is -4.42. The summed E-state index contributed by atoms with van der Waals surface area (Å²) in [6.45, 7) is 1.38. The molecular weight excluding hydrogens is 409 g/mol. The fourth-order valence-electron chi connectivity index (χ4n) is 2.68. The number of carbonyl (C=O) groups excluding carboxylic acids is 1. The van der Waals surface area contributed by atoms with E-state index in [0.717, 1.165) is 4.57 Å². The first-order valence-corrected chi connectivity index (χ1v) is 9.03. The molecule has 29 heavy (non-hydrogen) atoms. The van der Waals surface area contributed by atoms with Gasteiger partial charge in [-0.1, -0.05) is 0 Å². The molecule has 0 atom stereocenters. The van der Waals surface area contributed by atoms with Gasteiger partial charge in [-0.2, -0.15) is 13.2 Å². The minimum Gasteiger partial charge on any atom is -0.493 e. The fourth-order valence-corrected chi connectivity index (χ4v) is 3.22. The van der Waals surface area contributed by atoms with Crippen molar-refractivity contribution in [2.24, 2.45) is 0 Å². The summed E-state index contributed by atoms with van der Waals surface area (Å²) in [6.07, 6.45) is 4.15. The van der Waals surface area contributed by atoms with Gasteiger partial charge in [0.15, 0.2) is 0 Å². The van der Waals surface area contributed by atoms with Crippen molar-refractivity contribution in [2.75, 3.05) is 5.32 Å². The number of thioether (sulfide) groups is 1. The standard InChI is InChI=1S/C18H15F3N4O3S/c1-11(26)23-15-8-22-7-6-12(15)9-24-10-16(27)25(17(24)28)13-2-4-14(5-3-13)29-18(19,20)21/h2-8,10,27H,9H2,1H3,(H,23,26). The van der Waals surface area contributed by atoms with Crippen molar-refractivity contribution in [3.05, 3.63) is 65.0 Å². The van der Waals surface area contributed by atoms with Crippen LogP contribution in [0.1, 0.15) is 12.5 Å². The third-order valence-corrected chi connectivity index (χ3v) is 4.57. The number of hydrogen-bond acceptors (Lipinski definition) is 5. The number of hydrogen-bond donors (Lipinski definition) is 2. The Morgan fingerprint density at radius 3 is 2.55 bits per heavy atom. The molecule has 0 aliphatic heterocycles. The Kier molecular flexibility index (Phi) is 5.69. The smallest absolute Gasteiger partial charge is 0.446 e. The molecular formula is C18H15F3N4O3S. The third kappa shape index (κ3) is 4.99. The Hall–Kier alpha value is -3.21. The Morgan fingerprint density at radius 2 is 1.93 bits per heavy atom. The first kappa shape index (κ1) is 20.5. The van der Waals surface area contributed by atoms with Crippen molar-refractivity contribution in [2.45, 2.75) is 23.9 Å². The molecule has 2 aromatic heterocycles. The van der Waals surface area contributed by atoms with E-state index in [9.17, 15) is 27.9 Å². The van der Waals surface area contributed by atoms with Crippen LogP contribution in [0.3, 0.4) is 0 Å². The maximum atomic E-state index is 12.7. The van der Waals surface area contributed by atoms with Crippen LogP contribution < -0.4 is 11.0 Å². The van der Waals surface area contributed by atoms with Gasteiger partial charge in [0, 0.05) is 18.0 Å². The van der Waals surface area contributed by atoms with E-state index in [-0.39, 0.29) is 40.7 Å². The van der Waals surface area contributed by atoms with Gasteiger partial charge in [-0.25, -0.2) is 9.36 Å². The van der Waals surface area contributed by atoms with Crippen LogP contribution in [0.15, 0.2) is 58.6 Å². The van der Waals surface area contributed by atoms with Crippen molar-refractivity contribution < 1.29 is 23.1 Å². The van der Waals surface area contributed by atoms with Crippen LogP contribution in [0.5, 0.6) is 5.88 Å². The lowest BCUT2D eigenvalue weighted by Gasteiger charge is -2.09. The van der Waals surface area contributed by atoms with Crippen molar-refractivity contribution >= 4 is 23.4 Å². The predicted octanol–water partition coefficient (Wildman–Crippen LogP) is 3.36. The minimum absolute atomic E-state index is 0.0371. The summed E-state index contributed by atoms with van der Waals surface area (Å²) < 4.78 is 39.5. The molecule has 152 valence electrons. The van der Waals surface area contributed by atoms with E-state index in [0.29, 0.717) is 11.3 Å². The van der Waals surface area contributed by atoms with Crippen LogP contribution in [0, 0.1) is 0 Å². The fraction of sp³-hybridized carbons (Fsp3) is 0.167. The van der Waals surface area contributed by atoms with Crippen molar-refractivity contribution in [3.63, 3.8) is 0 Å². The number of benzene rings is 1. The second-order valence-electron chi connectivity index (χ2n) is 5.99. The summed E-state index contributed by atoms with van der Waals surface area (Å²) in [5.74, 6) is -0.676. The largest absolute Gasteiger partial charge is 0.493 e. The molecule has 1 aromatic carbocycles. The number of aromatic nitrogens is 3. The SMILES string of the molecule is CC(=O)Nc1cnccc1Cn1cc(O)n(-c2ccc(SC(F)(F)F)cc2)c1=O. The number of rotatable bonds is 5.